The monoisotopic (exact) mass is 454 g/mol. The molecule has 0 bridgehead atoms. The number of para-hydroxylation sites is 1. The predicted octanol–water partition coefficient (Wildman–Crippen LogP) is 4.60. The standard InChI is InChI=1S/C23H22N2O4S2/c1-2-16-6-3-4-7-17(16)24-21(26)8-5-11-25-22(27)20(31-23(25)30)13-15-9-10-18-19(12-15)29-14-28-18/h3-4,6-7,9-10,12-13H,2,5,8,11,14H2,1H3,(H,24,26)/b20-13-. The minimum atomic E-state index is -0.135. The molecule has 31 heavy (non-hydrogen) atoms. The minimum Gasteiger partial charge on any atom is -0.454 e. The lowest BCUT2D eigenvalue weighted by atomic mass is 10.1. The molecule has 2 aliphatic heterocycles. The van der Waals surface area contributed by atoms with Crippen molar-refractivity contribution in [2.24, 2.45) is 0 Å². The third kappa shape index (κ3) is 4.91. The van der Waals surface area contributed by atoms with Gasteiger partial charge in [-0.05, 0) is 48.2 Å². The number of nitrogens with one attached hydrogen (secondary N) is 1. The quantitative estimate of drug-likeness (QED) is 0.487. The van der Waals surface area contributed by atoms with Gasteiger partial charge in [0.1, 0.15) is 4.32 Å². The number of rotatable bonds is 7. The number of benzene rings is 2. The molecule has 2 aliphatic rings. The molecule has 2 amide bonds. The lowest BCUT2D eigenvalue weighted by Gasteiger charge is -2.14. The molecule has 8 heteroatoms. The Bertz CT molecular complexity index is 1070. The van der Waals surface area contributed by atoms with E-state index >= 15 is 0 Å². The summed E-state index contributed by atoms with van der Waals surface area (Å²) in [4.78, 5) is 27.2. The summed E-state index contributed by atoms with van der Waals surface area (Å²) in [7, 11) is 0. The summed E-state index contributed by atoms with van der Waals surface area (Å²) in [6, 6.07) is 13.3. The molecule has 0 aromatic heterocycles. The van der Waals surface area contributed by atoms with Crippen LogP contribution in [-0.2, 0) is 16.0 Å². The number of anilines is 1. The molecular formula is C23H22N2O4S2. The Morgan fingerprint density at radius 1 is 1.23 bits per heavy atom. The smallest absolute Gasteiger partial charge is 0.266 e. The van der Waals surface area contributed by atoms with Crippen molar-refractivity contribution in [2.75, 3.05) is 18.7 Å². The fourth-order valence-electron chi connectivity index (χ4n) is 3.41. The second-order valence-electron chi connectivity index (χ2n) is 7.11. The largest absolute Gasteiger partial charge is 0.454 e. The first kappa shape index (κ1) is 21.4. The van der Waals surface area contributed by atoms with Crippen molar-refractivity contribution in [3.05, 3.63) is 58.5 Å². The second kappa shape index (κ2) is 9.53. The number of thiocarbonyl (C=S) groups is 1. The highest BCUT2D eigenvalue weighted by Crippen LogP contribution is 2.36. The number of aryl methyl sites for hydroxylation is 1. The fraction of sp³-hybridized carbons (Fsp3) is 0.261. The number of hydrogen-bond acceptors (Lipinski definition) is 6. The van der Waals surface area contributed by atoms with Crippen LogP contribution in [0.25, 0.3) is 6.08 Å². The van der Waals surface area contributed by atoms with Gasteiger partial charge in [0.25, 0.3) is 5.91 Å². The Hall–Kier alpha value is -2.84. The van der Waals surface area contributed by atoms with Crippen molar-refractivity contribution in [1.29, 1.82) is 0 Å². The number of carbonyl (C=O) groups is 2. The molecule has 1 N–H and O–H groups in total. The predicted molar refractivity (Wildman–Crippen MR) is 126 cm³/mol. The number of carbonyl (C=O) groups excluding carboxylic acids is 2. The molecule has 2 aromatic carbocycles. The van der Waals surface area contributed by atoms with E-state index in [4.69, 9.17) is 21.7 Å². The van der Waals surface area contributed by atoms with Gasteiger partial charge in [-0.3, -0.25) is 14.5 Å². The van der Waals surface area contributed by atoms with E-state index in [-0.39, 0.29) is 18.6 Å². The first-order valence-corrected chi connectivity index (χ1v) is 11.3. The molecule has 160 valence electrons. The van der Waals surface area contributed by atoms with Crippen molar-refractivity contribution in [2.45, 2.75) is 26.2 Å². The summed E-state index contributed by atoms with van der Waals surface area (Å²) < 4.78 is 11.2. The summed E-state index contributed by atoms with van der Waals surface area (Å²) in [6.07, 6.45) is 3.50. The van der Waals surface area contributed by atoms with Gasteiger partial charge in [-0.2, -0.15) is 0 Å². The maximum atomic E-state index is 12.8. The van der Waals surface area contributed by atoms with Crippen molar-refractivity contribution in [3.63, 3.8) is 0 Å². The maximum Gasteiger partial charge on any atom is 0.266 e. The third-order valence-corrected chi connectivity index (χ3v) is 6.40. The van der Waals surface area contributed by atoms with Crippen LogP contribution in [0.4, 0.5) is 5.69 Å². The third-order valence-electron chi connectivity index (χ3n) is 5.03. The molecule has 6 nitrogen and oxygen atoms in total. The molecule has 0 saturated carbocycles. The summed E-state index contributed by atoms with van der Waals surface area (Å²) in [5.74, 6) is 1.16. The van der Waals surface area contributed by atoms with Crippen molar-refractivity contribution in [3.8, 4) is 11.5 Å². The minimum absolute atomic E-state index is 0.0674. The number of thioether (sulfide) groups is 1. The first-order chi connectivity index (χ1) is 15.0. The second-order valence-corrected chi connectivity index (χ2v) is 8.78. The molecule has 0 atom stereocenters. The Morgan fingerprint density at radius 2 is 2.03 bits per heavy atom. The van der Waals surface area contributed by atoms with Crippen molar-refractivity contribution >= 4 is 51.9 Å². The van der Waals surface area contributed by atoms with Gasteiger partial charge in [-0.25, -0.2) is 0 Å². The zero-order valence-corrected chi connectivity index (χ0v) is 18.7. The lowest BCUT2D eigenvalue weighted by molar-refractivity contribution is -0.122. The Morgan fingerprint density at radius 3 is 2.87 bits per heavy atom. The summed E-state index contributed by atoms with van der Waals surface area (Å²) in [5, 5.41) is 2.96. The lowest BCUT2D eigenvalue weighted by Crippen LogP contribution is -2.29. The normalized spacial score (nSPS) is 16.3. The van der Waals surface area contributed by atoms with E-state index in [9.17, 15) is 9.59 Å². The summed E-state index contributed by atoms with van der Waals surface area (Å²) in [6.45, 7) is 2.67. The van der Waals surface area contributed by atoms with Gasteiger partial charge >= 0.3 is 0 Å². The fourth-order valence-corrected chi connectivity index (χ4v) is 4.72. The average molecular weight is 455 g/mol. The maximum absolute atomic E-state index is 12.8. The zero-order valence-electron chi connectivity index (χ0n) is 17.1. The van der Waals surface area contributed by atoms with Crippen LogP contribution in [0.1, 0.15) is 30.9 Å². The molecule has 1 saturated heterocycles. The van der Waals surface area contributed by atoms with Crippen LogP contribution in [0.3, 0.4) is 0 Å². The van der Waals surface area contributed by atoms with E-state index in [0.29, 0.717) is 40.1 Å². The number of fused-ring (bicyclic) bond motifs is 1. The van der Waals surface area contributed by atoms with E-state index in [2.05, 4.69) is 12.2 Å². The van der Waals surface area contributed by atoms with E-state index in [1.807, 2.05) is 42.5 Å². The molecule has 0 radical (unpaired) electrons. The number of amides is 2. The van der Waals surface area contributed by atoms with Gasteiger partial charge in [-0.15, -0.1) is 0 Å². The zero-order chi connectivity index (χ0) is 21.8. The van der Waals surface area contributed by atoms with Crippen molar-refractivity contribution in [1.82, 2.24) is 4.90 Å². The molecule has 0 spiro atoms. The SMILES string of the molecule is CCc1ccccc1NC(=O)CCCN1C(=O)/C(=C/c2ccc3c(c2)OCO3)SC1=S. The number of ether oxygens (including phenoxy) is 2. The van der Waals surface area contributed by atoms with Crippen LogP contribution >= 0.6 is 24.0 Å². The summed E-state index contributed by atoms with van der Waals surface area (Å²) >= 11 is 6.66. The number of hydrogen-bond donors (Lipinski definition) is 1. The van der Waals surface area contributed by atoms with E-state index in [0.717, 1.165) is 23.2 Å². The topological polar surface area (TPSA) is 67.9 Å². The summed E-state index contributed by atoms with van der Waals surface area (Å²) in [5.41, 5.74) is 2.78. The van der Waals surface area contributed by atoms with Crippen LogP contribution < -0.4 is 14.8 Å². The van der Waals surface area contributed by atoms with Crippen LogP contribution in [0.2, 0.25) is 0 Å². The van der Waals surface area contributed by atoms with Gasteiger partial charge < -0.3 is 14.8 Å². The molecular weight excluding hydrogens is 432 g/mol. The van der Waals surface area contributed by atoms with Crippen LogP contribution in [0, 0.1) is 0 Å². The highest BCUT2D eigenvalue weighted by Gasteiger charge is 2.31. The highest BCUT2D eigenvalue weighted by atomic mass is 32.2. The van der Waals surface area contributed by atoms with Gasteiger partial charge in [0.2, 0.25) is 12.7 Å². The average Bonchev–Trinajstić information content (AvgIpc) is 3.33. The Kier molecular flexibility index (Phi) is 6.58. The van der Waals surface area contributed by atoms with Gasteiger partial charge in [0.05, 0.1) is 4.91 Å². The van der Waals surface area contributed by atoms with E-state index in [1.165, 1.54) is 11.8 Å². The molecule has 2 heterocycles. The van der Waals surface area contributed by atoms with E-state index < -0.39 is 0 Å². The van der Waals surface area contributed by atoms with Crippen LogP contribution in [0.15, 0.2) is 47.4 Å². The Labute approximate surface area is 190 Å². The molecule has 4 rings (SSSR count). The number of nitrogens with zero attached hydrogens (tertiary/aromatic N) is 1. The van der Waals surface area contributed by atoms with Gasteiger partial charge in [0, 0.05) is 18.7 Å². The first-order valence-electron chi connectivity index (χ1n) is 10.1. The van der Waals surface area contributed by atoms with Crippen molar-refractivity contribution < 1.29 is 19.1 Å². The van der Waals surface area contributed by atoms with E-state index in [1.54, 1.807) is 11.0 Å². The Balaban J connectivity index is 1.32. The molecule has 1 fully saturated rings. The van der Waals surface area contributed by atoms with Gasteiger partial charge in [0.15, 0.2) is 11.5 Å². The molecule has 0 aliphatic carbocycles. The molecule has 0 unspecified atom stereocenters. The van der Waals surface area contributed by atoms with Crippen LogP contribution in [-0.4, -0.2) is 34.4 Å². The van der Waals surface area contributed by atoms with Crippen LogP contribution in [0.5, 0.6) is 11.5 Å². The molecule has 2 aromatic rings. The highest BCUT2D eigenvalue weighted by molar-refractivity contribution is 8.26. The van der Waals surface area contributed by atoms with Gasteiger partial charge in [-0.1, -0.05) is 55.2 Å².